The Kier molecular flexibility index (Phi) is 6.74. The molecule has 48 heavy (non-hydrogen) atoms. The van der Waals surface area contributed by atoms with Crippen LogP contribution in [0.4, 0.5) is 5.69 Å². The van der Waals surface area contributed by atoms with Gasteiger partial charge in [-0.3, -0.25) is 0 Å². The Morgan fingerprint density at radius 2 is 1.42 bits per heavy atom. The highest BCUT2D eigenvalue weighted by Crippen LogP contribution is 2.47. The molecule has 0 amide bonds. The summed E-state index contributed by atoms with van der Waals surface area (Å²) >= 11 is 1.82. The quantitative estimate of drug-likeness (QED) is 0.188. The normalized spacial score (nSPS) is 15.5. The molecule has 0 fully saturated rings. The van der Waals surface area contributed by atoms with Gasteiger partial charge >= 0.3 is 0 Å². The van der Waals surface area contributed by atoms with E-state index >= 15 is 0 Å². The van der Waals surface area contributed by atoms with Crippen LogP contribution >= 0.6 is 11.3 Å². The standard InChI is InChI=1S/C45H32N2S/c1-2-31(29-24-25-36-35-19-10-12-22-41(35)47(42(36)28-29)30-14-4-3-5-15-30)32-16-6-7-17-33(32)34-18-8-9-21-38(34)44-40(46)27-26-39-37-20-11-13-23-43(37)48-45(39)44/h2-28,33H,1,46H2/b32-31+. The van der Waals surface area contributed by atoms with E-state index in [0.717, 1.165) is 33.6 Å². The third kappa shape index (κ3) is 4.40. The molecule has 2 heterocycles. The minimum atomic E-state index is 0.0129. The molecular formula is C45H32N2S. The van der Waals surface area contributed by atoms with Crippen LogP contribution < -0.4 is 5.73 Å². The number of aromatic nitrogens is 1. The maximum absolute atomic E-state index is 6.84. The average Bonchev–Trinajstić information content (AvgIpc) is 3.68. The summed E-state index contributed by atoms with van der Waals surface area (Å²) < 4.78 is 4.87. The Labute approximate surface area is 283 Å². The molecule has 9 rings (SSSR count). The predicted molar refractivity (Wildman–Crippen MR) is 208 cm³/mol. The topological polar surface area (TPSA) is 30.9 Å². The van der Waals surface area contributed by atoms with E-state index in [1.165, 1.54) is 53.1 Å². The zero-order valence-corrected chi connectivity index (χ0v) is 27.1. The van der Waals surface area contributed by atoms with Gasteiger partial charge in [-0.05, 0) is 64.2 Å². The fraction of sp³-hybridized carbons (Fsp3) is 0.0222. The molecule has 1 unspecified atom stereocenters. The number of nitrogens with zero attached hydrogens (tertiary/aromatic N) is 1. The van der Waals surface area contributed by atoms with E-state index in [1.54, 1.807) is 0 Å². The summed E-state index contributed by atoms with van der Waals surface area (Å²) in [5.74, 6) is 0.0129. The zero-order valence-electron chi connectivity index (χ0n) is 26.3. The van der Waals surface area contributed by atoms with Crippen LogP contribution in [-0.4, -0.2) is 4.57 Å². The first-order valence-corrected chi connectivity index (χ1v) is 17.1. The van der Waals surface area contributed by atoms with Gasteiger partial charge in [-0.15, -0.1) is 11.3 Å². The van der Waals surface area contributed by atoms with Crippen LogP contribution in [0.2, 0.25) is 0 Å². The number of allylic oxidation sites excluding steroid dienone is 7. The van der Waals surface area contributed by atoms with Crippen LogP contribution in [0.1, 0.15) is 17.0 Å². The Morgan fingerprint density at radius 3 is 2.29 bits per heavy atom. The highest BCUT2D eigenvalue weighted by molar-refractivity contribution is 7.26. The maximum Gasteiger partial charge on any atom is 0.0547 e. The van der Waals surface area contributed by atoms with Crippen molar-refractivity contribution >= 4 is 64.6 Å². The lowest BCUT2D eigenvalue weighted by atomic mass is 9.80. The van der Waals surface area contributed by atoms with E-state index < -0.39 is 0 Å². The van der Waals surface area contributed by atoms with Crippen LogP contribution in [-0.2, 0) is 0 Å². The number of hydrogen-bond acceptors (Lipinski definition) is 2. The molecule has 0 aliphatic heterocycles. The van der Waals surface area contributed by atoms with Crippen molar-refractivity contribution in [2.45, 2.75) is 5.92 Å². The summed E-state index contributed by atoms with van der Waals surface area (Å²) in [6.45, 7) is 4.36. The number of nitrogens with two attached hydrogens (primary N) is 1. The van der Waals surface area contributed by atoms with Crippen molar-refractivity contribution in [3.8, 4) is 16.8 Å². The summed E-state index contributed by atoms with van der Waals surface area (Å²) in [4.78, 5) is 0. The fourth-order valence-corrected chi connectivity index (χ4v) is 8.82. The second-order valence-electron chi connectivity index (χ2n) is 12.3. The van der Waals surface area contributed by atoms with Gasteiger partial charge in [-0.25, -0.2) is 0 Å². The number of hydrogen-bond donors (Lipinski definition) is 1. The highest BCUT2D eigenvalue weighted by Gasteiger charge is 2.24. The third-order valence-electron chi connectivity index (χ3n) is 9.68. The van der Waals surface area contributed by atoms with Gasteiger partial charge in [0.25, 0.3) is 0 Å². The fourth-order valence-electron chi connectivity index (χ4n) is 7.54. The number of nitrogen functional groups attached to an aromatic ring is 1. The number of thiophene rings is 1. The molecule has 0 spiro atoms. The minimum Gasteiger partial charge on any atom is -0.398 e. The lowest BCUT2D eigenvalue weighted by Gasteiger charge is -2.24. The average molecular weight is 633 g/mol. The molecule has 0 radical (unpaired) electrons. The van der Waals surface area contributed by atoms with Gasteiger partial charge in [0.15, 0.2) is 0 Å². The van der Waals surface area contributed by atoms with Crippen molar-refractivity contribution in [2.75, 3.05) is 5.73 Å². The summed E-state index contributed by atoms with van der Waals surface area (Å²) in [5, 5.41) is 5.00. The van der Waals surface area contributed by atoms with E-state index in [1.807, 2.05) is 17.4 Å². The Morgan fingerprint density at radius 1 is 0.688 bits per heavy atom. The molecular weight excluding hydrogens is 601 g/mol. The molecule has 3 heteroatoms. The first kappa shape index (κ1) is 28.3. The molecule has 8 aromatic rings. The molecule has 2 nitrogen and oxygen atoms in total. The molecule has 6 aromatic carbocycles. The van der Waals surface area contributed by atoms with E-state index in [-0.39, 0.29) is 5.92 Å². The smallest absolute Gasteiger partial charge is 0.0547 e. The van der Waals surface area contributed by atoms with E-state index in [9.17, 15) is 0 Å². The molecule has 0 bridgehead atoms. The van der Waals surface area contributed by atoms with Crippen molar-refractivity contribution in [1.29, 1.82) is 0 Å². The largest absolute Gasteiger partial charge is 0.398 e. The Hall–Kier alpha value is -5.90. The number of para-hydroxylation sites is 2. The van der Waals surface area contributed by atoms with Crippen molar-refractivity contribution < 1.29 is 0 Å². The predicted octanol–water partition coefficient (Wildman–Crippen LogP) is 12.3. The van der Waals surface area contributed by atoms with Crippen LogP contribution in [0.15, 0.2) is 176 Å². The Bertz CT molecular complexity index is 2650. The van der Waals surface area contributed by atoms with Crippen molar-refractivity contribution in [3.63, 3.8) is 0 Å². The van der Waals surface area contributed by atoms with Gasteiger partial charge in [-0.2, -0.15) is 0 Å². The molecule has 0 saturated heterocycles. The molecule has 1 atom stereocenters. The number of benzene rings is 6. The number of rotatable bonds is 5. The number of anilines is 1. The van der Waals surface area contributed by atoms with Gasteiger partial charge in [0, 0.05) is 53.8 Å². The summed E-state index contributed by atoms with van der Waals surface area (Å²) in [6.07, 6.45) is 10.9. The van der Waals surface area contributed by atoms with Crippen LogP contribution in [0, 0.1) is 0 Å². The highest BCUT2D eigenvalue weighted by atomic mass is 32.1. The third-order valence-corrected chi connectivity index (χ3v) is 10.9. The minimum absolute atomic E-state index is 0.0129. The second kappa shape index (κ2) is 11.4. The monoisotopic (exact) mass is 632 g/mol. The van der Waals surface area contributed by atoms with Crippen LogP contribution in [0.3, 0.4) is 0 Å². The molecule has 2 N–H and O–H groups in total. The SMILES string of the molecule is C=C/C(=C1/C=CC=CC1c1ccccc1-c1c(N)ccc2c1sc1ccccc12)c1ccc2c3ccccc3n(-c3ccccc3)c2c1. The molecule has 0 saturated carbocycles. The van der Waals surface area contributed by atoms with Gasteiger partial charge < -0.3 is 10.3 Å². The molecule has 1 aliphatic carbocycles. The molecule has 228 valence electrons. The lowest BCUT2D eigenvalue weighted by Crippen LogP contribution is -2.06. The zero-order chi connectivity index (χ0) is 32.2. The Balaban J connectivity index is 1.25. The van der Waals surface area contributed by atoms with Crippen molar-refractivity contribution in [2.24, 2.45) is 0 Å². The van der Waals surface area contributed by atoms with Gasteiger partial charge in [0.05, 0.1) is 11.0 Å². The van der Waals surface area contributed by atoms with E-state index in [2.05, 4.69) is 169 Å². The van der Waals surface area contributed by atoms with Crippen molar-refractivity contribution in [1.82, 2.24) is 4.57 Å². The van der Waals surface area contributed by atoms with Crippen LogP contribution in [0.5, 0.6) is 0 Å². The van der Waals surface area contributed by atoms with Crippen molar-refractivity contribution in [3.05, 3.63) is 187 Å². The van der Waals surface area contributed by atoms with Gasteiger partial charge in [0.2, 0.25) is 0 Å². The molecule has 1 aliphatic rings. The lowest BCUT2D eigenvalue weighted by molar-refractivity contribution is 1.02. The maximum atomic E-state index is 6.84. The first-order chi connectivity index (χ1) is 23.7. The summed E-state index contributed by atoms with van der Waals surface area (Å²) in [5.41, 5.74) is 18.1. The van der Waals surface area contributed by atoms with E-state index in [4.69, 9.17) is 5.73 Å². The van der Waals surface area contributed by atoms with Gasteiger partial charge in [0.1, 0.15) is 0 Å². The molecule has 2 aromatic heterocycles. The summed E-state index contributed by atoms with van der Waals surface area (Å²) in [7, 11) is 0. The van der Waals surface area contributed by atoms with Crippen LogP contribution in [0.25, 0.3) is 64.4 Å². The summed E-state index contributed by atoms with van der Waals surface area (Å²) in [6, 6.07) is 47.8. The van der Waals surface area contributed by atoms with Gasteiger partial charge in [-0.1, -0.05) is 134 Å². The first-order valence-electron chi connectivity index (χ1n) is 16.3. The second-order valence-corrected chi connectivity index (χ2v) is 13.4. The number of fused-ring (bicyclic) bond motifs is 6. The van der Waals surface area contributed by atoms with E-state index in [0.29, 0.717) is 0 Å².